The predicted molar refractivity (Wildman–Crippen MR) is 115 cm³/mol. The predicted octanol–water partition coefficient (Wildman–Crippen LogP) is 4.68. The van der Waals surface area contributed by atoms with Crippen molar-refractivity contribution in [1.29, 1.82) is 0 Å². The molecule has 2 N–H and O–H groups in total. The van der Waals surface area contributed by atoms with Crippen molar-refractivity contribution in [3.8, 4) is 0 Å². The smallest absolute Gasteiger partial charge is 0.320 e. The van der Waals surface area contributed by atoms with Crippen LogP contribution in [0, 0.1) is 0 Å². The third-order valence-electron chi connectivity index (χ3n) is 4.40. The summed E-state index contributed by atoms with van der Waals surface area (Å²) in [6, 6.07) is 20.0. The number of hydrogen-bond donors (Lipinski definition) is 2. The maximum absolute atomic E-state index is 11.4. The van der Waals surface area contributed by atoms with Crippen molar-refractivity contribution in [3.05, 3.63) is 71.8 Å². The maximum Gasteiger partial charge on any atom is 0.320 e. The Morgan fingerprint density at radius 2 is 1.68 bits per heavy atom. The van der Waals surface area contributed by atoms with E-state index in [1.807, 2.05) is 48.5 Å². The topological polar surface area (TPSA) is 58.6 Å². The number of aliphatic hydroxyl groups excluding tert-OH is 1. The Labute approximate surface area is 169 Å². The quantitative estimate of drug-likeness (QED) is 0.435. The number of aliphatic hydroxyl groups is 1. The van der Waals surface area contributed by atoms with Gasteiger partial charge in [0.25, 0.3) is 0 Å². The standard InChI is InChI=1S/C14H21NO2.C10H14O/c1-2-3-7-10-15-11-14(16)17-12-13-8-5-4-6-9-13;1-9(7-8-11)10-5-3-2-4-6-10/h4-6,8-9,15H,2-3,7,10-12H2,1H3;2-6,9,11H,7-8H2,1H3. The zero-order valence-electron chi connectivity index (χ0n) is 17.3. The van der Waals surface area contributed by atoms with Crippen LogP contribution in [0.4, 0.5) is 0 Å². The second kappa shape index (κ2) is 15.8. The van der Waals surface area contributed by atoms with Gasteiger partial charge in [0.15, 0.2) is 0 Å². The van der Waals surface area contributed by atoms with Gasteiger partial charge in [-0.2, -0.15) is 0 Å². The van der Waals surface area contributed by atoms with Crippen LogP contribution in [0.25, 0.3) is 0 Å². The molecule has 0 heterocycles. The second-order valence-corrected chi connectivity index (χ2v) is 6.85. The summed E-state index contributed by atoms with van der Waals surface area (Å²) in [6.07, 6.45) is 4.36. The molecule has 1 unspecified atom stereocenters. The van der Waals surface area contributed by atoms with Crippen LogP contribution in [0.15, 0.2) is 60.7 Å². The first-order valence-corrected chi connectivity index (χ1v) is 10.2. The Morgan fingerprint density at radius 3 is 2.29 bits per heavy atom. The Balaban J connectivity index is 0.000000307. The molecular weight excluding hydrogens is 350 g/mol. The van der Waals surface area contributed by atoms with Gasteiger partial charge in [-0.15, -0.1) is 0 Å². The Kier molecular flexibility index (Phi) is 13.5. The lowest BCUT2D eigenvalue weighted by atomic mass is 9.99. The molecule has 0 aliphatic heterocycles. The fourth-order valence-corrected chi connectivity index (χ4v) is 2.62. The van der Waals surface area contributed by atoms with E-state index in [0.29, 0.717) is 19.1 Å². The summed E-state index contributed by atoms with van der Waals surface area (Å²) in [5.74, 6) is 0.284. The molecule has 0 aromatic heterocycles. The van der Waals surface area contributed by atoms with Crippen LogP contribution in [-0.2, 0) is 16.1 Å². The average Bonchev–Trinajstić information content (AvgIpc) is 2.74. The van der Waals surface area contributed by atoms with Crippen molar-refractivity contribution < 1.29 is 14.6 Å². The number of benzene rings is 2. The third kappa shape index (κ3) is 11.5. The molecule has 28 heavy (non-hydrogen) atoms. The van der Waals surface area contributed by atoms with E-state index in [1.165, 1.54) is 18.4 Å². The van der Waals surface area contributed by atoms with E-state index in [2.05, 4.69) is 31.3 Å². The van der Waals surface area contributed by atoms with Crippen LogP contribution in [0.1, 0.15) is 56.6 Å². The van der Waals surface area contributed by atoms with Crippen molar-refractivity contribution in [3.63, 3.8) is 0 Å². The zero-order valence-corrected chi connectivity index (χ0v) is 17.3. The van der Waals surface area contributed by atoms with Gasteiger partial charge in [-0.25, -0.2) is 0 Å². The molecule has 2 aromatic carbocycles. The van der Waals surface area contributed by atoms with E-state index in [-0.39, 0.29) is 12.6 Å². The van der Waals surface area contributed by atoms with Crippen molar-refractivity contribution >= 4 is 5.97 Å². The Hall–Kier alpha value is -2.17. The summed E-state index contributed by atoms with van der Waals surface area (Å²) < 4.78 is 5.13. The monoisotopic (exact) mass is 385 g/mol. The zero-order chi connectivity index (χ0) is 20.5. The molecule has 1 atom stereocenters. The fraction of sp³-hybridized carbons (Fsp3) is 0.458. The molecule has 0 saturated carbocycles. The summed E-state index contributed by atoms with van der Waals surface area (Å²) in [5.41, 5.74) is 2.33. The van der Waals surface area contributed by atoms with Crippen molar-refractivity contribution in [2.75, 3.05) is 19.7 Å². The molecule has 2 aromatic rings. The summed E-state index contributed by atoms with van der Waals surface area (Å²) in [7, 11) is 0. The lowest BCUT2D eigenvalue weighted by molar-refractivity contribution is -0.143. The van der Waals surface area contributed by atoms with E-state index in [9.17, 15) is 4.79 Å². The summed E-state index contributed by atoms with van der Waals surface area (Å²) in [6.45, 7) is 6.11. The van der Waals surface area contributed by atoms with E-state index < -0.39 is 0 Å². The minimum absolute atomic E-state index is 0.189. The van der Waals surface area contributed by atoms with Gasteiger partial charge in [-0.1, -0.05) is 87.4 Å². The third-order valence-corrected chi connectivity index (χ3v) is 4.40. The average molecular weight is 386 g/mol. The highest BCUT2D eigenvalue weighted by atomic mass is 16.5. The van der Waals surface area contributed by atoms with Crippen LogP contribution in [-0.4, -0.2) is 30.8 Å². The van der Waals surface area contributed by atoms with Gasteiger partial charge in [0.05, 0.1) is 6.54 Å². The van der Waals surface area contributed by atoms with Crippen molar-refractivity contribution in [2.45, 2.75) is 52.1 Å². The van der Waals surface area contributed by atoms with Crippen LogP contribution in [0.3, 0.4) is 0 Å². The van der Waals surface area contributed by atoms with E-state index >= 15 is 0 Å². The molecule has 0 bridgehead atoms. The van der Waals surface area contributed by atoms with E-state index in [0.717, 1.165) is 24.9 Å². The first-order valence-electron chi connectivity index (χ1n) is 10.2. The highest BCUT2D eigenvalue weighted by Gasteiger charge is 2.02. The molecule has 0 saturated heterocycles. The molecule has 0 amide bonds. The highest BCUT2D eigenvalue weighted by Crippen LogP contribution is 2.17. The van der Waals surface area contributed by atoms with Gasteiger partial charge in [0, 0.05) is 6.61 Å². The molecule has 2 rings (SSSR count). The van der Waals surface area contributed by atoms with Gasteiger partial charge in [-0.05, 0) is 36.4 Å². The van der Waals surface area contributed by atoms with Gasteiger partial charge < -0.3 is 15.2 Å². The number of carbonyl (C=O) groups is 1. The minimum atomic E-state index is -0.189. The molecule has 4 heteroatoms. The summed E-state index contributed by atoms with van der Waals surface area (Å²) in [4.78, 5) is 11.4. The molecule has 154 valence electrons. The molecule has 4 nitrogen and oxygen atoms in total. The Bertz CT molecular complexity index is 616. The van der Waals surface area contributed by atoms with Crippen LogP contribution >= 0.6 is 0 Å². The molecule has 0 radical (unpaired) electrons. The first kappa shape index (κ1) is 23.9. The van der Waals surface area contributed by atoms with Crippen LogP contribution in [0.2, 0.25) is 0 Å². The lowest BCUT2D eigenvalue weighted by Gasteiger charge is -2.08. The second-order valence-electron chi connectivity index (χ2n) is 6.85. The van der Waals surface area contributed by atoms with Crippen LogP contribution in [0.5, 0.6) is 0 Å². The summed E-state index contributed by atoms with van der Waals surface area (Å²) >= 11 is 0. The largest absolute Gasteiger partial charge is 0.460 e. The molecular formula is C24H35NO3. The molecule has 0 spiro atoms. The van der Waals surface area contributed by atoms with Gasteiger partial charge >= 0.3 is 5.97 Å². The van der Waals surface area contributed by atoms with Crippen molar-refractivity contribution in [2.24, 2.45) is 0 Å². The molecule has 0 aliphatic carbocycles. The number of nitrogens with one attached hydrogen (secondary N) is 1. The van der Waals surface area contributed by atoms with Gasteiger partial charge in [-0.3, -0.25) is 4.79 Å². The van der Waals surface area contributed by atoms with E-state index in [1.54, 1.807) is 0 Å². The normalized spacial score (nSPS) is 11.2. The lowest BCUT2D eigenvalue weighted by Crippen LogP contribution is -2.25. The van der Waals surface area contributed by atoms with Gasteiger partial charge in [0.2, 0.25) is 0 Å². The number of esters is 1. The number of unbranched alkanes of at least 4 members (excludes halogenated alkanes) is 2. The van der Waals surface area contributed by atoms with Crippen LogP contribution < -0.4 is 5.32 Å². The Morgan fingerprint density at radius 1 is 1.04 bits per heavy atom. The number of ether oxygens (including phenoxy) is 1. The molecule has 0 fully saturated rings. The number of rotatable bonds is 11. The number of carbonyl (C=O) groups excluding carboxylic acids is 1. The maximum atomic E-state index is 11.4. The highest BCUT2D eigenvalue weighted by molar-refractivity contribution is 5.71. The number of hydrogen-bond acceptors (Lipinski definition) is 4. The minimum Gasteiger partial charge on any atom is -0.460 e. The van der Waals surface area contributed by atoms with E-state index in [4.69, 9.17) is 9.84 Å². The summed E-state index contributed by atoms with van der Waals surface area (Å²) in [5, 5.41) is 11.8. The molecule has 0 aliphatic rings. The SMILES string of the molecule is CC(CCO)c1ccccc1.CCCCCNCC(=O)OCc1ccccc1. The fourth-order valence-electron chi connectivity index (χ4n) is 2.62. The van der Waals surface area contributed by atoms with Gasteiger partial charge in [0.1, 0.15) is 6.61 Å². The van der Waals surface area contributed by atoms with Crippen molar-refractivity contribution in [1.82, 2.24) is 5.32 Å². The first-order chi connectivity index (χ1) is 13.7.